The number of morpholine rings is 1. The highest BCUT2D eigenvalue weighted by atomic mass is 19.4. The van der Waals surface area contributed by atoms with Gasteiger partial charge in [0.25, 0.3) is 5.91 Å². The van der Waals surface area contributed by atoms with Crippen molar-refractivity contribution in [2.45, 2.75) is 39.3 Å². The van der Waals surface area contributed by atoms with Gasteiger partial charge in [0, 0.05) is 24.2 Å². The molecule has 1 fully saturated rings. The van der Waals surface area contributed by atoms with Crippen molar-refractivity contribution in [1.82, 2.24) is 4.98 Å². The zero-order valence-corrected chi connectivity index (χ0v) is 16.3. The van der Waals surface area contributed by atoms with Crippen LogP contribution in [0.25, 0.3) is 0 Å². The Morgan fingerprint density at radius 2 is 1.90 bits per heavy atom. The Morgan fingerprint density at radius 3 is 2.48 bits per heavy atom. The van der Waals surface area contributed by atoms with Gasteiger partial charge in [-0.1, -0.05) is 6.07 Å². The maximum Gasteiger partial charge on any atom is 0.573 e. The van der Waals surface area contributed by atoms with Crippen LogP contribution in [0, 0.1) is 6.92 Å². The van der Waals surface area contributed by atoms with Crippen molar-refractivity contribution < 1.29 is 27.4 Å². The second-order valence-corrected chi connectivity index (χ2v) is 7.00. The Hall–Kier alpha value is -2.81. The van der Waals surface area contributed by atoms with Crippen molar-refractivity contribution in [3.63, 3.8) is 0 Å². The summed E-state index contributed by atoms with van der Waals surface area (Å²) in [5.74, 6) is -0.186. The van der Waals surface area contributed by atoms with Crippen LogP contribution < -0.4 is 15.0 Å². The molecule has 156 valence electrons. The number of halogens is 3. The quantitative estimate of drug-likeness (QED) is 0.822. The van der Waals surface area contributed by atoms with Gasteiger partial charge in [-0.05, 0) is 45.0 Å². The van der Waals surface area contributed by atoms with Gasteiger partial charge in [0.2, 0.25) is 0 Å². The number of ether oxygens (including phenoxy) is 2. The molecule has 0 unspecified atom stereocenters. The largest absolute Gasteiger partial charge is 0.573 e. The van der Waals surface area contributed by atoms with Crippen molar-refractivity contribution in [2.75, 3.05) is 23.3 Å². The van der Waals surface area contributed by atoms with Gasteiger partial charge < -0.3 is 19.7 Å². The summed E-state index contributed by atoms with van der Waals surface area (Å²) >= 11 is 0. The predicted molar refractivity (Wildman–Crippen MR) is 102 cm³/mol. The molecule has 1 aliphatic rings. The lowest BCUT2D eigenvalue weighted by molar-refractivity contribution is -0.274. The van der Waals surface area contributed by atoms with Crippen molar-refractivity contribution >= 4 is 17.4 Å². The first kappa shape index (κ1) is 20.9. The Labute approximate surface area is 166 Å². The molecule has 1 aliphatic heterocycles. The number of rotatable bonds is 4. The Kier molecular flexibility index (Phi) is 5.97. The number of anilines is 2. The predicted octanol–water partition coefficient (Wildman–Crippen LogP) is 4.15. The number of pyridine rings is 1. The summed E-state index contributed by atoms with van der Waals surface area (Å²) < 4.78 is 47.2. The van der Waals surface area contributed by atoms with Crippen molar-refractivity contribution in [3.05, 3.63) is 47.7 Å². The molecule has 9 heteroatoms. The third-order valence-corrected chi connectivity index (χ3v) is 4.50. The topological polar surface area (TPSA) is 63.7 Å². The first-order chi connectivity index (χ1) is 13.6. The van der Waals surface area contributed by atoms with Gasteiger partial charge in [0.15, 0.2) is 0 Å². The van der Waals surface area contributed by atoms with Crippen LogP contribution in [0.15, 0.2) is 36.5 Å². The molecule has 1 amide bonds. The van der Waals surface area contributed by atoms with Crippen molar-refractivity contribution in [2.24, 2.45) is 0 Å². The molecule has 2 aromatic rings. The van der Waals surface area contributed by atoms with Crippen LogP contribution in [0.1, 0.15) is 29.8 Å². The highest BCUT2D eigenvalue weighted by Crippen LogP contribution is 2.28. The number of nitrogens with one attached hydrogen (secondary N) is 1. The van der Waals surface area contributed by atoms with E-state index in [1.807, 2.05) is 13.8 Å². The molecule has 1 saturated heterocycles. The second-order valence-electron chi connectivity index (χ2n) is 7.00. The number of aromatic nitrogens is 1. The standard InChI is InChI=1S/C20H22F3N3O3/c1-12-10-26(11-13(2)28-12)18-8-7-15(9-24-18)25-19(27)16-5-4-6-17(14(16)3)29-20(21,22)23/h4-9,12-13H,10-11H2,1-3H3,(H,25,27)/t12-,13+. The minimum absolute atomic E-state index is 0.0895. The van der Waals surface area contributed by atoms with Gasteiger partial charge in [0.1, 0.15) is 11.6 Å². The van der Waals surface area contributed by atoms with Crippen LogP contribution in [0.4, 0.5) is 24.7 Å². The van der Waals surface area contributed by atoms with Crippen LogP contribution in [-0.4, -0.2) is 42.6 Å². The number of alkyl halides is 3. The highest BCUT2D eigenvalue weighted by molar-refractivity contribution is 6.05. The third-order valence-electron chi connectivity index (χ3n) is 4.50. The molecule has 0 saturated carbocycles. The average Bonchev–Trinajstić information content (AvgIpc) is 2.62. The molecule has 1 aromatic heterocycles. The van der Waals surface area contributed by atoms with E-state index in [0.29, 0.717) is 18.8 Å². The van der Waals surface area contributed by atoms with Crippen LogP contribution in [0.3, 0.4) is 0 Å². The first-order valence-corrected chi connectivity index (χ1v) is 9.15. The molecular weight excluding hydrogens is 387 g/mol. The summed E-state index contributed by atoms with van der Waals surface area (Å²) in [6.45, 7) is 6.83. The molecule has 3 rings (SSSR count). The van der Waals surface area contributed by atoms with Gasteiger partial charge in [-0.3, -0.25) is 4.79 Å². The zero-order chi connectivity index (χ0) is 21.2. The van der Waals surface area contributed by atoms with E-state index in [9.17, 15) is 18.0 Å². The third kappa shape index (κ3) is 5.38. The van der Waals surface area contributed by atoms with E-state index in [1.165, 1.54) is 31.3 Å². The molecule has 2 heterocycles. The number of amides is 1. The number of benzene rings is 1. The molecule has 1 aromatic carbocycles. The normalized spacial score (nSPS) is 19.7. The summed E-state index contributed by atoms with van der Waals surface area (Å²) in [6, 6.07) is 7.43. The van der Waals surface area contributed by atoms with E-state index in [0.717, 1.165) is 5.82 Å². The molecule has 6 nitrogen and oxygen atoms in total. The van der Waals surface area contributed by atoms with E-state index in [1.54, 1.807) is 12.1 Å². The van der Waals surface area contributed by atoms with Crippen molar-refractivity contribution in [3.8, 4) is 5.75 Å². The fourth-order valence-corrected chi connectivity index (χ4v) is 3.31. The summed E-state index contributed by atoms with van der Waals surface area (Å²) in [6.07, 6.45) is -3.12. The summed E-state index contributed by atoms with van der Waals surface area (Å²) in [5.41, 5.74) is 0.629. The van der Waals surface area contributed by atoms with Gasteiger partial charge in [-0.25, -0.2) is 4.98 Å². The molecule has 0 spiro atoms. The molecule has 2 atom stereocenters. The molecule has 0 radical (unpaired) electrons. The monoisotopic (exact) mass is 409 g/mol. The molecular formula is C20H22F3N3O3. The lowest BCUT2D eigenvalue weighted by atomic mass is 10.1. The van der Waals surface area contributed by atoms with E-state index in [-0.39, 0.29) is 23.3 Å². The fourth-order valence-electron chi connectivity index (χ4n) is 3.31. The van der Waals surface area contributed by atoms with Crippen LogP contribution >= 0.6 is 0 Å². The smallest absolute Gasteiger partial charge is 0.405 e. The molecule has 0 bridgehead atoms. The SMILES string of the molecule is Cc1c(OC(F)(F)F)cccc1C(=O)Nc1ccc(N2C[C@@H](C)O[C@@H](C)C2)nc1. The van der Waals surface area contributed by atoms with E-state index >= 15 is 0 Å². The van der Waals surface area contributed by atoms with Gasteiger partial charge >= 0.3 is 6.36 Å². The first-order valence-electron chi connectivity index (χ1n) is 9.15. The number of carbonyl (C=O) groups is 1. The Bertz CT molecular complexity index is 862. The van der Waals surface area contributed by atoms with Crippen LogP contribution in [-0.2, 0) is 4.74 Å². The molecule has 29 heavy (non-hydrogen) atoms. The van der Waals surface area contributed by atoms with Crippen LogP contribution in [0.2, 0.25) is 0 Å². The zero-order valence-electron chi connectivity index (χ0n) is 16.3. The van der Waals surface area contributed by atoms with E-state index in [4.69, 9.17) is 4.74 Å². The maximum absolute atomic E-state index is 12.5. The van der Waals surface area contributed by atoms with E-state index < -0.39 is 18.0 Å². The number of hydrogen-bond acceptors (Lipinski definition) is 5. The van der Waals surface area contributed by atoms with Gasteiger partial charge in [-0.15, -0.1) is 13.2 Å². The summed E-state index contributed by atoms with van der Waals surface area (Å²) in [4.78, 5) is 19.0. The second kappa shape index (κ2) is 8.28. The maximum atomic E-state index is 12.5. The minimum Gasteiger partial charge on any atom is -0.405 e. The fraction of sp³-hybridized carbons (Fsp3) is 0.400. The van der Waals surface area contributed by atoms with Crippen LogP contribution in [0.5, 0.6) is 5.75 Å². The lowest BCUT2D eigenvalue weighted by Crippen LogP contribution is -2.45. The minimum atomic E-state index is -4.83. The summed E-state index contributed by atoms with van der Waals surface area (Å²) in [5, 5.41) is 2.66. The number of hydrogen-bond donors (Lipinski definition) is 1. The lowest BCUT2D eigenvalue weighted by Gasteiger charge is -2.36. The highest BCUT2D eigenvalue weighted by Gasteiger charge is 2.32. The Morgan fingerprint density at radius 1 is 1.21 bits per heavy atom. The molecule has 1 N–H and O–H groups in total. The van der Waals surface area contributed by atoms with Gasteiger partial charge in [-0.2, -0.15) is 0 Å². The van der Waals surface area contributed by atoms with Crippen molar-refractivity contribution in [1.29, 1.82) is 0 Å². The van der Waals surface area contributed by atoms with Gasteiger partial charge in [0.05, 0.1) is 24.1 Å². The molecule has 0 aliphatic carbocycles. The number of nitrogens with zero attached hydrogens (tertiary/aromatic N) is 2. The Balaban J connectivity index is 1.71. The average molecular weight is 409 g/mol. The number of carbonyl (C=O) groups excluding carboxylic acids is 1. The van der Waals surface area contributed by atoms with E-state index in [2.05, 4.69) is 19.9 Å². The summed E-state index contributed by atoms with van der Waals surface area (Å²) in [7, 11) is 0.